The number of pyridine rings is 1. The van der Waals surface area contributed by atoms with Crippen molar-refractivity contribution in [2.45, 2.75) is 13.0 Å². The van der Waals surface area contributed by atoms with Gasteiger partial charge in [0.25, 0.3) is 0 Å². The molecule has 0 fully saturated rings. The molecule has 0 aliphatic heterocycles. The Morgan fingerprint density at radius 3 is 2.80 bits per heavy atom. The lowest BCUT2D eigenvalue weighted by Crippen LogP contribution is -2.00. The first-order valence-electron chi connectivity index (χ1n) is 3.10. The van der Waals surface area contributed by atoms with Crippen LogP contribution in [0, 0.1) is 0 Å². The summed E-state index contributed by atoms with van der Waals surface area (Å²) in [6, 6.07) is 3.45. The number of aromatic nitrogens is 1. The summed E-state index contributed by atoms with van der Waals surface area (Å²) < 4.78 is 0. The molecule has 54 valence electrons. The largest absolute Gasteiger partial charge is 0.397 e. The van der Waals surface area contributed by atoms with Crippen LogP contribution in [0.5, 0.6) is 0 Å². The Balaban J connectivity index is 3.03. The van der Waals surface area contributed by atoms with Crippen LogP contribution in [0.2, 0.25) is 0 Å². The molecule has 0 aliphatic rings. The van der Waals surface area contributed by atoms with Gasteiger partial charge in [0.15, 0.2) is 0 Å². The zero-order chi connectivity index (χ0) is 7.56. The lowest BCUT2D eigenvalue weighted by atomic mass is 10.2. The summed E-state index contributed by atoms with van der Waals surface area (Å²) in [6.45, 7) is 1.64. The van der Waals surface area contributed by atoms with Crippen molar-refractivity contribution >= 4 is 5.69 Å². The molecule has 0 amide bonds. The van der Waals surface area contributed by atoms with Crippen molar-refractivity contribution in [1.29, 1.82) is 0 Å². The summed E-state index contributed by atoms with van der Waals surface area (Å²) in [5.41, 5.74) is 6.58. The van der Waals surface area contributed by atoms with Gasteiger partial charge in [0.2, 0.25) is 0 Å². The van der Waals surface area contributed by atoms with Gasteiger partial charge in [-0.3, -0.25) is 4.98 Å². The van der Waals surface area contributed by atoms with E-state index in [9.17, 15) is 0 Å². The lowest BCUT2D eigenvalue weighted by Gasteiger charge is -2.04. The highest BCUT2D eigenvalue weighted by Crippen LogP contribution is 2.14. The summed E-state index contributed by atoms with van der Waals surface area (Å²) in [7, 11) is 0. The SMILES string of the molecule is CC(O)c1ncccc1N. The second-order valence-electron chi connectivity index (χ2n) is 2.15. The van der Waals surface area contributed by atoms with E-state index in [-0.39, 0.29) is 0 Å². The number of nitrogens with two attached hydrogens (primary N) is 1. The van der Waals surface area contributed by atoms with E-state index in [0.717, 1.165) is 0 Å². The Bertz CT molecular complexity index is 223. The maximum atomic E-state index is 9.06. The van der Waals surface area contributed by atoms with E-state index in [2.05, 4.69) is 4.98 Å². The number of nitrogens with zero attached hydrogens (tertiary/aromatic N) is 1. The van der Waals surface area contributed by atoms with Crippen molar-refractivity contribution in [3.8, 4) is 0 Å². The third kappa shape index (κ3) is 1.25. The van der Waals surface area contributed by atoms with E-state index < -0.39 is 6.10 Å². The molecule has 1 aromatic rings. The molecule has 1 unspecified atom stereocenters. The van der Waals surface area contributed by atoms with Gasteiger partial charge in [0, 0.05) is 6.20 Å². The van der Waals surface area contributed by atoms with E-state index in [4.69, 9.17) is 10.8 Å². The summed E-state index contributed by atoms with van der Waals surface area (Å²) in [5, 5.41) is 9.06. The highest BCUT2D eigenvalue weighted by atomic mass is 16.3. The fraction of sp³-hybridized carbons (Fsp3) is 0.286. The first kappa shape index (κ1) is 7.02. The molecule has 10 heavy (non-hydrogen) atoms. The first-order chi connectivity index (χ1) is 4.72. The van der Waals surface area contributed by atoms with Crippen LogP contribution in [0.15, 0.2) is 18.3 Å². The minimum Gasteiger partial charge on any atom is -0.397 e. The molecule has 1 aromatic heterocycles. The van der Waals surface area contributed by atoms with Crippen LogP contribution >= 0.6 is 0 Å². The highest BCUT2D eigenvalue weighted by molar-refractivity contribution is 5.42. The molecule has 0 bridgehead atoms. The van der Waals surface area contributed by atoms with Crippen molar-refractivity contribution in [3.63, 3.8) is 0 Å². The van der Waals surface area contributed by atoms with E-state index in [0.29, 0.717) is 11.4 Å². The van der Waals surface area contributed by atoms with Crippen LogP contribution in [-0.2, 0) is 0 Å². The standard InChI is InChI=1S/C7H10N2O/c1-5(10)7-6(8)3-2-4-9-7/h2-5,10H,8H2,1H3. The van der Waals surface area contributed by atoms with Crippen LogP contribution in [0.3, 0.4) is 0 Å². The van der Waals surface area contributed by atoms with E-state index in [1.807, 2.05) is 0 Å². The topological polar surface area (TPSA) is 59.1 Å². The molecular formula is C7H10N2O. The smallest absolute Gasteiger partial charge is 0.0952 e. The molecule has 0 saturated carbocycles. The fourth-order valence-corrected chi connectivity index (χ4v) is 0.779. The molecule has 0 aliphatic carbocycles. The van der Waals surface area contributed by atoms with Gasteiger partial charge >= 0.3 is 0 Å². The molecule has 0 radical (unpaired) electrons. The summed E-state index contributed by atoms with van der Waals surface area (Å²) in [4.78, 5) is 3.90. The van der Waals surface area contributed by atoms with E-state index >= 15 is 0 Å². The third-order valence-electron chi connectivity index (χ3n) is 1.27. The van der Waals surface area contributed by atoms with E-state index in [1.165, 1.54) is 0 Å². The number of aliphatic hydroxyl groups excluding tert-OH is 1. The molecular weight excluding hydrogens is 128 g/mol. The maximum absolute atomic E-state index is 9.06. The van der Waals surface area contributed by atoms with Gasteiger partial charge in [-0.2, -0.15) is 0 Å². The van der Waals surface area contributed by atoms with Gasteiger partial charge in [-0.15, -0.1) is 0 Å². The van der Waals surface area contributed by atoms with Gasteiger partial charge < -0.3 is 10.8 Å². The Labute approximate surface area is 59.5 Å². The molecule has 3 heteroatoms. The molecule has 3 nitrogen and oxygen atoms in total. The predicted molar refractivity (Wildman–Crippen MR) is 39.3 cm³/mol. The van der Waals surface area contributed by atoms with Gasteiger partial charge in [-0.05, 0) is 19.1 Å². The van der Waals surface area contributed by atoms with Gasteiger partial charge in [-0.25, -0.2) is 0 Å². The first-order valence-corrected chi connectivity index (χ1v) is 3.10. The van der Waals surface area contributed by atoms with Crippen molar-refractivity contribution in [3.05, 3.63) is 24.0 Å². The predicted octanol–water partition coefficient (Wildman–Crippen LogP) is 0.717. The molecule has 0 saturated heterocycles. The molecule has 1 heterocycles. The zero-order valence-corrected chi connectivity index (χ0v) is 5.78. The van der Waals surface area contributed by atoms with Gasteiger partial charge in [0.05, 0.1) is 17.5 Å². The molecule has 1 rings (SSSR count). The monoisotopic (exact) mass is 138 g/mol. The Morgan fingerprint density at radius 2 is 2.40 bits per heavy atom. The van der Waals surface area contributed by atoms with Gasteiger partial charge in [-0.1, -0.05) is 0 Å². The normalized spacial score (nSPS) is 13.0. The quantitative estimate of drug-likeness (QED) is 0.601. The molecule has 3 N–H and O–H groups in total. The average Bonchev–Trinajstić information content (AvgIpc) is 1.88. The summed E-state index contributed by atoms with van der Waals surface area (Å²) in [6.07, 6.45) is 1.03. The maximum Gasteiger partial charge on any atom is 0.0952 e. The lowest BCUT2D eigenvalue weighted by molar-refractivity contribution is 0.195. The molecule has 0 aromatic carbocycles. The minimum atomic E-state index is -0.582. The number of hydrogen-bond acceptors (Lipinski definition) is 3. The van der Waals surface area contributed by atoms with Gasteiger partial charge in [0.1, 0.15) is 0 Å². The Hall–Kier alpha value is -1.09. The highest BCUT2D eigenvalue weighted by Gasteiger charge is 2.04. The zero-order valence-electron chi connectivity index (χ0n) is 5.78. The average molecular weight is 138 g/mol. The van der Waals surface area contributed by atoms with Crippen LogP contribution in [0.25, 0.3) is 0 Å². The number of aliphatic hydroxyl groups is 1. The van der Waals surface area contributed by atoms with Crippen LogP contribution in [0.1, 0.15) is 18.7 Å². The van der Waals surface area contributed by atoms with Crippen LogP contribution in [-0.4, -0.2) is 10.1 Å². The summed E-state index contributed by atoms with van der Waals surface area (Å²) in [5.74, 6) is 0. The molecule has 1 atom stereocenters. The van der Waals surface area contributed by atoms with Crippen molar-refractivity contribution in [2.75, 3.05) is 5.73 Å². The van der Waals surface area contributed by atoms with Crippen molar-refractivity contribution in [2.24, 2.45) is 0 Å². The summed E-state index contributed by atoms with van der Waals surface area (Å²) >= 11 is 0. The minimum absolute atomic E-state index is 0.539. The van der Waals surface area contributed by atoms with Crippen molar-refractivity contribution < 1.29 is 5.11 Å². The van der Waals surface area contributed by atoms with Crippen LogP contribution < -0.4 is 5.73 Å². The van der Waals surface area contributed by atoms with Crippen LogP contribution in [0.4, 0.5) is 5.69 Å². The third-order valence-corrected chi connectivity index (χ3v) is 1.27. The Kier molecular flexibility index (Phi) is 1.87. The number of nitrogen functional groups attached to an aromatic ring is 1. The fourth-order valence-electron chi connectivity index (χ4n) is 0.779. The number of rotatable bonds is 1. The number of anilines is 1. The number of hydrogen-bond donors (Lipinski definition) is 2. The Morgan fingerprint density at radius 1 is 1.70 bits per heavy atom. The second-order valence-corrected chi connectivity index (χ2v) is 2.15. The van der Waals surface area contributed by atoms with E-state index in [1.54, 1.807) is 25.3 Å². The van der Waals surface area contributed by atoms with Crippen molar-refractivity contribution in [1.82, 2.24) is 4.98 Å². The second kappa shape index (κ2) is 2.66. The molecule has 0 spiro atoms.